The molecular formula is C10H7F3N4. The van der Waals surface area contributed by atoms with Crippen molar-refractivity contribution in [1.82, 2.24) is 19.6 Å². The Morgan fingerprint density at radius 2 is 2.06 bits per heavy atom. The van der Waals surface area contributed by atoms with Crippen molar-refractivity contribution in [3.63, 3.8) is 0 Å². The molecule has 1 N–H and O–H groups in total. The van der Waals surface area contributed by atoms with E-state index in [-0.39, 0.29) is 0 Å². The number of nitrogens with one attached hydrogen (secondary N) is 1. The lowest BCUT2D eigenvalue weighted by molar-refractivity contribution is -0.140. The molecule has 0 spiro atoms. The molecule has 17 heavy (non-hydrogen) atoms. The Balaban J connectivity index is 2.43. The fourth-order valence-electron chi connectivity index (χ4n) is 1.88. The van der Waals surface area contributed by atoms with Crippen LogP contribution in [0, 0.1) is 6.92 Å². The molecule has 3 aromatic rings. The van der Waals surface area contributed by atoms with Gasteiger partial charge in [-0.05, 0) is 24.6 Å². The van der Waals surface area contributed by atoms with Crippen LogP contribution in [0.1, 0.15) is 11.3 Å². The van der Waals surface area contributed by atoms with Crippen molar-refractivity contribution in [2.24, 2.45) is 0 Å². The summed E-state index contributed by atoms with van der Waals surface area (Å²) in [6.45, 7) is 1.78. The lowest BCUT2D eigenvalue weighted by atomic mass is 10.2. The van der Waals surface area contributed by atoms with E-state index < -0.39 is 11.9 Å². The maximum absolute atomic E-state index is 12.6. The van der Waals surface area contributed by atoms with Gasteiger partial charge in [-0.3, -0.25) is 4.40 Å². The number of fused-ring (bicyclic) bond motifs is 3. The number of alkyl halides is 3. The summed E-state index contributed by atoms with van der Waals surface area (Å²) in [5.41, 5.74) is 1.40. The molecule has 0 aliphatic heterocycles. The number of H-pyrrole nitrogens is 1. The topological polar surface area (TPSA) is 46.0 Å². The number of rotatable bonds is 0. The molecule has 0 aliphatic carbocycles. The molecule has 4 nitrogen and oxygen atoms in total. The summed E-state index contributed by atoms with van der Waals surface area (Å²) in [6.07, 6.45) is -2.98. The van der Waals surface area contributed by atoms with E-state index in [9.17, 15) is 13.2 Å². The van der Waals surface area contributed by atoms with Gasteiger partial charge in [0.15, 0.2) is 5.65 Å². The summed E-state index contributed by atoms with van der Waals surface area (Å²) in [6, 6.07) is 2.69. The van der Waals surface area contributed by atoms with Crippen molar-refractivity contribution in [3.05, 3.63) is 29.7 Å². The molecule has 0 aliphatic rings. The highest BCUT2D eigenvalue weighted by Crippen LogP contribution is 2.31. The molecule has 0 aromatic carbocycles. The number of hydrogen-bond donors (Lipinski definition) is 1. The number of pyridine rings is 1. The average Bonchev–Trinajstić information content (AvgIpc) is 2.78. The van der Waals surface area contributed by atoms with Gasteiger partial charge in [-0.25, -0.2) is 0 Å². The summed E-state index contributed by atoms with van der Waals surface area (Å²) in [5, 5.41) is 7.56. The van der Waals surface area contributed by atoms with E-state index in [1.165, 1.54) is 10.7 Å². The lowest BCUT2D eigenvalue weighted by Crippen LogP contribution is -2.04. The first kappa shape index (κ1) is 10.1. The van der Waals surface area contributed by atoms with Gasteiger partial charge in [0.2, 0.25) is 0 Å². The van der Waals surface area contributed by atoms with Crippen LogP contribution in [0.3, 0.4) is 0 Å². The van der Waals surface area contributed by atoms with Crippen LogP contribution in [-0.2, 0) is 6.18 Å². The van der Waals surface area contributed by atoms with Crippen molar-refractivity contribution >= 4 is 16.7 Å². The molecule has 3 aromatic heterocycles. The quantitative estimate of drug-likeness (QED) is 0.656. The number of nitrogens with zero attached hydrogens (tertiary/aromatic N) is 3. The minimum atomic E-state index is -4.38. The fraction of sp³-hybridized carbons (Fsp3) is 0.200. The van der Waals surface area contributed by atoms with E-state index >= 15 is 0 Å². The first-order chi connectivity index (χ1) is 7.97. The molecule has 3 heterocycles. The van der Waals surface area contributed by atoms with Crippen molar-refractivity contribution < 1.29 is 13.2 Å². The molecule has 0 amide bonds. The zero-order valence-electron chi connectivity index (χ0n) is 8.71. The first-order valence-electron chi connectivity index (χ1n) is 4.86. The summed E-state index contributed by atoms with van der Waals surface area (Å²) < 4.78 is 39.3. The molecule has 3 rings (SSSR count). The fourth-order valence-corrected chi connectivity index (χ4v) is 1.88. The molecule has 0 fully saturated rings. The summed E-state index contributed by atoms with van der Waals surface area (Å²) in [5.74, 6) is 0. The minimum Gasteiger partial charge on any atom is -0.350 e. The Bertz CT molecular complexity index is 707. The molecule has 0 bridgehead atoms. The van der Waals surface area contributed by atoms with Crippen molar-refractivity contribution in [2.75, 3.05) is 0 Å². The van der Waals surface area contributed by atoms with Gasteiger partial charge in [-0.2, -0.15) is 13.2 Å². The Labute approximate surface area is 93.1 Å². The largest absolute Gasteiger partial charge is 0.431 e. The highest BCUT2D eigenvalue weighted by Gasteiger charge is 2.33. The second-order valence-electron chi connectivity index (χ2n) is 3.83. The number of aromatic amines is 1. The molecule has 0 saturated heterocycles. The molecule has 0 radical (unpaired) electrons. The third-order valence-electron chi connectivity index (χ3n) is 2.65. The standard InChI is InChI=1S/C10H7F3N4/c1-5-2-6-7(17-4-14-16-9(5)17)3-8(15-6)10(11,12)13/h2-4,15H,1H3. The van der Waals surface area contributed by atoms with E-state index in [2.05, 4.69) is 15.2 Å². The number of aromatic nitrogens is 4. The summed E-state index contributed by atoms with van der Waals surface area (Å²) in [7, 11) is 0. The minimum absolute atomic E-state index is 0.419. The lowest BCUT2D eigenvalue weighted by Gasteiger charge is -2.00. The number of hydrogen-bond acceptors (Lipinski definition) is 2. The van der Waals surface area contributed by atoms with Crippen LogP contribution in [0.4, 0.5) is 13.2 Å². The maximum atomic E-state index is 12.6. The molecule has 88 valence electrons. The molecule has 7 heteroatoms. The van der Waals surface area contributed by atoms with Crippen LogP contribution in [-0.4, -0.2) is 19.6 Å². The van der Waals surface area contributed by atoms with Gasteiger partial charge in [-0.1, -0.05) is 0 Å². The summed E-state index contributed by atoms with van der Waals surface area (Å²) >= 11 is 0. The van der Waals surface area contributed by atoms with Gasteiger partial charge < -0.3 is 4.98 Å². The molecule has 0 atom stereocenters. The van der Waals surface area contributed by atoms with Gasteiger partial charge in [0.25, 0.3) is 0 Å². The molecular weight excluding hydrogens is 233 g/mol. The van der Waals surface area contributed by atoms with Gasteiger partial charge in [0, 0.05) is 0 Å². The Hall–Kier alpha value is -2.05. The number of halogens is 3. The molecule has 0 saturated carbocycles. The maximum Gasteiger partial charge on any atom is 0.431 e. The average molecular weight is 240 g/mol. The Morgan fingerprint density at radius 3 is 2.76 bits per heavy atom. The Kier molecular flexibility index (Phi) is 1.78. The van der Waals surface area contributed by atoms with Gasteiger partial charge >= 0.3 is 6.18 Å². The van der Waals surface area contributed by atoms with Crippen LogP contribution >= 0.6 is 0 Å². The Morgan fingerprint density at radius 1 is 1.29 bits per heavy atom. The van der Waals surface area contributed by atoms with Crippen LogP contribution in [0.5, 0.6) is 0 Å². The third-order valence-corrected chi connectivity index (χ3v) is 2.65. The van der Waals surface area contributed by atoms with Gasteiger partial charge in [0.1, 0.15) is 12.0 Å². The van der Waals surface area contributed by atoms with Crippen LogP contribution in [0.15, 0.2) is 18.5 Å². The zero-order valence-corrected chi connectivity index (χ0v) is 8.71. The van der Waals surface area contributed by atoms with Crippen molar-refractivity contribution in [3.8, 4) is 0 Å². The number of aryl methyl sites for hydroxylation is 1. The summed E-state index contributed by atoms with van der Waals surface area (Å²) in [4.78, 5) is 2.36. The van der Waals surface area contributed by atoms with E-state index in [4.69, 9.17) is 0 Å². The third kappa shape index (κ3) is 1.38. The smallest absolute Gasteiger partial charge is 0.350 e. The predicted molar refractivity (Wildman–Crippen MR) is 54.6 cm³/mol. The normalized spacial score (nSPS) is 12.7. The van der Waals surface area contributed by atoms with Crippen LogP contribution in [0.25, 0.3) is 16.7 Å². The highest BCUT2D eigenvalue weighted by atomic mass is 19.4. The van der Waals surface area contributed by atoms with E-state index in [0.29, 0.717) is 16.7 Å². The molecule has 0 unspecified atom stereocenters. The predicted octanol–water partition coefficient (Wildman–Crippen LogP) is 2.54. The monoisotopic (exact) mass is 240 g/mol. The SMILES string of the molecule is Cc1cc2[nH]c(C(F)(F)F)cc2n2cnnc12. The second kappa shape index (κ2) is 2.99. The van der Waals surface area contributed by atoms with Crippen LogP contribution < -0.4 is 0 Å². The van der Waals surface area contributed by atoms with E-state index in [0.717, 1.165) is 11.6 Å². The van der Waals surface area contributed by atoms with Gasteiger partial charge in [-0.15, -0.1) is 10.2 Å². The zero-order chi connectivity index (χ0) is 12.2. The van der Waals surface area contributed by atoms with E-state index in [1.54, 1.807) is 13.0 Å². The van der Waals surface area contributed by atoms with Gasteiger partial charge in [0.05, 0.1) is 11.0 Å². The first-order valence-corrected chi connectivity index (χ1v) is 4.86. The van der Waals surface area contributed by atoms with E-state index in [1.807, 2.05) is 0 Å². The van der Waals surface area contributed by atoms with Crippen molar-refractivity contribution in [1.29, 1.82) is 0 Å². The highest BCUT2D eigenvalue weighted by molar-refractivity contribution is 5.81. The van der Waals surface area contributed by atoms with Crippen molar-refractivity contribution in [2.45, 2.75) is 13.1 Å². The second-order valence-corrected chi connectivity index (χ2v) is 3.83. The van der Waals surface area contributed by atoms with Crippen LogP contribution in [0.2, 0.25) is 0 Å².